The van der Waals surface area contributed by atoms with Gasteiger partial charge in [0, 0.05) is 229 Å². The molecule has 0 N–H and O–H groups in total. The molecule has 0 aliphatic heterocycles. The summed E-state index contributed by atoms with van der Waals surface area (Å²) in [6, 6.07) is 0. The zero-order valence-corrected chi connectivity index (χ0v) is 42.4. The fraction of sp³-hybridized carbons (Fsp3) is 0. The van der Waals surface area contributed by atoms with Gasteiger partial charge in [0.15, 0.2) is 0 Å². The Morgan fingerprint density at radius 1 is 0.250 bits per heavy atom. The van der Waals surface area contributed by atoms with Crippen molar-refractivity contribution < 1.29 is 0 Å². The van der Waals surface area contributed by atoms with Gasteiger partial charge in [-0.25, -0.2) is 0 Å². The van der Waals surface area contributed by atoms with Gasteiger partial charge in [-0.2, -0.15) is 0 Å². The Hall–Kier alpha value is 9.99. The van der Waals surface area contributed by atoms with Gasteiger partial charge in [0.25, 0.3) is 0 Å². The topological polar surface area (TPSA) is 0 Å². The summed E-state index contributed by atoms with van der Waals surface area (Å²) in [5.41, 5.74) is 0. The van der Waals surface area contributed by atoms with E-state index in [4.69, 9.17) is 0 Å². The summed E-state index contributed by atoms with van der Waals surface area (Å²) in [4.78, 5) is 0. The van der Waals surface area contributed by atoms with E-state index in [2.05, 4.69) is 0 Å². The molecule has 0 saturated carbocycles. The maximum Gasteiger partial charge on any atom is 0 e. The van der Waals surface area contributed by atoms with Crippen LogP contribution >= 0.6 is 0 Å². The second kappa shape index (κ2) is 144. The second-order valence-corrected chi connectivity index (χ2v) is 0. The van der Waals surface area contributed by atoms with Gasteiger partial charge in [-0.1, -0.05) is 0 Å². The molecule has 0 spiro atoms. The molecule has 0 aromatic rings. The second-order valence-electron chi connectivity index (χ2n) is 0. The molecule has 0 heterocycles. The monoisotopic (exact) mass is 1520 g/mol. The van der Waals surface area contributed by atoms with Crippen LogP contribution in [-0.4, -0.2) is 314 Å². The van der Waals surface area contributed by atoms with Crippen molar-refractivity contribution in [1.82, 2.24) is 0 Å². The molecule has 0 aromatic heterocycles. The van der Waals surface area contributed by atoms with Crippen molar-refractivity contribution in [2.24, 2.45) is 0 Å². The molecule has 35 radical (unpaired) electrons. The van der Waals surface area contributed by atoms with Crippen molar-refractivity contribution in [3.05, 3.63) is 0 Å². The van der Waals surface area contributed by atoms with E-state index in [1.165, 1.54) is 0 Å². The molecule has 16 heteroatoms. The first-order valence-electron chi connectivity index (χ1n) is 0. The summed E-state index contributed by atoms with van der Waals surface area (Å²) >= 11 is 0. The molecule has 0 aromatic carbocycles. The zero-order chi connectivity index (χ0) is 0. The largest absolute Gasteiger partial charge is 0 e. The molecular weight excluding hydrogens is 1500 g/mol. The fourth-order valence-electron chi connectivity index (χ4n) is 0. The average Bonchev–Trinajstić information content (AvgIpc) is 0. The van der Waals surface area contributed by atoms with Gasteiger partial charge in [-0.05, 0) is 0 Å². The molecule has 0 atom stereocenters. The van der Waals surface area contributed by atoms with E-state index in [1.807, 2.05) is 0 Å². The Kier molecular flexibility index (Phi) is 1470. The van der Waals surface area contributed by atoms with Crippen molar-refractivity contribution in [3.8, 4) is 0 Å². The Balaban J connectivity index is 0. The molecule has 0 aliphatic rings. The van der Waals surface area contributed by atoms with E-state index < -0.39 is 0 Å². The first-order valence-corrected chi connectivity index (χ1v) is 0. The van der Waals surface area contributed by atoms with E-state index >= 15 is 0 Å². The minimum atomic E-state index is 0. The third-order valence-electron chi connectivity index (χ3n) is 0. The van der Waals surface area contributed by atoms with Gasteiger partial charge >= 0.3 is 85.3 Å². The predicted molar refractivity (Wildman–Crippen MR) is 99.0 cm³/mol. The van der Waals surface area contributed by atoms with Crippen LogP contribution in [0.5, 0.6) is 0 Å². The fourth-order valence-corrected chi connectivity index (χ4v) is 0. The van der Waals surface area contributed by atoms with Crippen molar-refractivity contribution in [2.45, 2.75) is 0 Å². The molecule has 0 rings (SSSR count). The van der Waals surface area contributed by atoms with Crippen molar-refractivity contribution in [2.75, 3.05) is 0 Å². The standard InChI is InChI=1S/4H2Se.HSe.5Se.6Sn/h4*1H2;1H;;;;;;;;;;;/p-4. The van der Waals surface area contributed by atoms with Gasteiger partial charge in [0.05, 0.1) is 0 Å². The van der Waals surface area contributed by atoms with Gasteiger partial charge in [0.1, 0.15) is 0 Å². The molecule has 16 heavy (non-hydrogen) atoms. The third kappa shape index (κ3) is 127. The molecule has 0 bridgehead atoms. The molecule has 0 unspecified atom stereocenters. The Morgan fingerprint density at radius 3 is 0.250 bits per heavy atom. The van der Waals surface area contributed by atoms with Crippen LogP contribution < -0.4 is 0 Å². The summed E-state index contributed by atoms with van der Waals surface area (Å²) in [6.45, 7) is 0. The van der Waals surface area contributed by atoms with Crippen LogP contribution in [0.3, 0.4) is 0 Å². The van der Waals surface area contributed by atoms with E-state index in [-0.39, 0.29) is 314 Å². The van der Waals surface area contributed by atoms with Gasteiger partial charge in [0.2, 0.25) is 0 Å². The summed E-state index contributed by atoms with van der Waals surface area (Å²) in [5, 5.41) is 0. The van der Waals surface area contributed by atoms with E-state index in [1.54, 1.807) is 0 Å². The summed E-state index contributed by atoms with van der Waals surface area (Å²) in [6.07, 6.45) is 0. The van der Waals surface area contributed by atoms with Crippen LogP contribution in [0.2, 0.25) is 0 Å². The third-order valence-corrected chi connectivity index (χ3v) is 0. The maximum absolute atomic E-state index is 0. The Bertz CT molecular complexity index is 15.3. The van der Waals surface area contributed by atoms with Gasteiger partial charge < -0.3 is 0 Å². The van der Waals surface area contributed by atoms with Crippen LogP contribution in [0, 0.1) is 0 Å². The molecule has 93 valence electrons. The smallest absolute Gasteiger partial charge is 0 e. The van der Waals surface area contributed by atoms with Crippen molar-refractivity contribution >= 4 is 314 Å². The molecule has 0 aliphatic carbocycles. The van der Waals surface area contributed by atoms with Crippen LogP contribution in [0.25, 0.3) is 0 Å². The van der Waals surface area contributed by atoms with E-state index in [0.717, 1.165) is 0 Å². The van der Waals surface area contributed by atoms with Crippen LogP contribution in [-0.2, 0) is 0 Å². The van der Waals surface area contributed by atoms with E-state index in [0.29, 0.717) is 0 Å². The minimum Gasteiger partial charge on any atom is 0 e. The predicted octanol–water partition coefficient (Wildman–Crippen LogP) is -7.43. The number of hydrogen-bond acceptors (Lipinski definition) is 0. The number of hydrogen-bond donors (Lipinski definition) is 0. The first kappa shape index (κ1) is 163. The van der Waals surface area contributed by atoms with Crippen molar-refractivity contribution in [3.63, 3.8) is 0 Å². The van der Waals surface area contributed by atoms with Gasteiger partial charge in [-0.15, -0.1) is 0 Å². The first-order chi connectivity index (χ1) is 0. The van der Waals surface area contributed by atoms with Crippen molar-refractivity contribution in [1.29, 1.82) is 0 Å². The molecule has 0 fully saturated rings. The average molecular weight is 1510 g/mol. The van der Waals surface area contributed by atoms with Crippen LogP contribution in [0.4, 0.5) is 0 Å². The molecular formula is H5Se10Sn6-4. The Labute approximate surface area is 306 Å². The molecule has 0 saturated heterocycles. The van der Waals surface area contributed by atoms with Crippen LogP contribution in [0.1, 0.15) is 0 Å². The number of rotatable bonds is 0. The van der Waals surface area contributed by atoms with Gasteiger partial charge in [-0.3, -0.25) is 0 Å². The maximum atomic E-state index is 0. The molecule has 0 nitrogen and oxygen atoms in total. The quantitative estimate of drug-likeness (QED) is 0.212. The van der Waals surface area contributed by atoms with E-state index in [9.17, 15) is 0 Å². The normalized spacial score (nSPS) is 0. The summed E-state index contributed by atoms with van der Waals surface area (Å²) in [5.74, 6) is 0. The molecule has 0 amide bonds. The zero-order valence-electron chi connectivity index (χ0n) is 7.28. The summed E-state index contributed by atoms with van der Waals surface area (Å²) < 4.78 is 0. The Morgan fingerprint density at radius 2 is 0.250 bits per heavy atom. The minimum absolute atomic E-state index is 0. The summed E-state index contributed by atoms with van der Waals surface area (Å²) in [7, 11) is 0. The van der Waals surface area contributed by atoms with Crippen LogP contribution in [0.15, 0.2) is 0 Å². The SMILES string of the molecule is [SeH-].[SeH-].[SeH-].[SeH-].[SeH].[Se].[Se].[Se].[Se].[Se].[Sn].[Sn].[Sn].[Sn].[Sn].[Sn].